The summed E-state index contributed by atoms with van der Waals surface area (Å²) in [5, 5.41) is 12.5. The van der Waals surface area contributed by atoms with Crippen LogP contribution in [0.2, 0.25) is 5.02 Å². The molecular weight excluding hydrogens is 434 g/mol. The van der Waals surface area contributed by atoms with Gasteiger partial charge in [-0.2, -0.15) is 0 Å². The Kier molecular flexibility index (Phi) is 7.51. The fraction of sp³-hybridized carbons (Fsp3) is 0.143. The monoisotopic (exact) mass is 457 g/mol. The van der Waals surface area contributed by atoms with Gasteiger partial charge in [0.2, 0.25) is 0 Å². The van der Waals surface area contributed by atoms with Crippen molar-refractivity contribution in [2.45, 2.75) is 25.6 Å². The summed E-state index contributed by atoms with van der Waals surface area (Å²) in [6, 6.07) is 25.3. The van der Waals surface area contributed by atoms with Gasteiger partial charge in [-0.05, 0) is 65.4 Å². The Balaban J connectivity index is 1.44. The van der Waals surface area contributed by atoms with E-state index in [0.717, 1.165) is 38.9 Å². The molecule has 0 aliphatic heterocycles. The first-order valence-electron chi connectivity index (χ1n) is 10.8. The SMILES string of the molecule is O=COCc1ccccc1CC[C@H](O)c1cccc(/C=C/c2ccc3ccc(Cl)cc3n2)c1. The van der Waals surface area contributed by atoms with Gasteiger partial charge in [0, 0.05) is 10.4 Å². The van der Waals surface area contributed by atoms with E-state index < -0.39 is 6.10 Å². The number of ether oxygens (including phenoxy) is 1. The predicted octanol–water partition coefficient (Wildman–Crippen LogP) is 6.40. The molecule has 5 heteroatoms. The van der Waals surface area contributed by atoms with Gasteiger partial charge in [0.1, 0.15) is 6.61 Å². The minimum atomic E-state index is -0.598. The lowest BCUT2D eigenvalue weighted by atomic mass is 9.97. The fourth-order valence-corrected chi connectivity index (χ4v) is 3.94. The number of benzene rings is 3. The van der Waals surface area contributed by atoms with E-state index >= 15 is 0 Å². The lowest BCUT2D eigenvalue weighted by molar-refractivity contribution is -0.129. The highest BCUT2D eigenvalue weighted by Crippen LogP contribution is 2.23. The van der Waals surface area contributed by atoms with E-state index in [1.54, 1.807) is 0 Å². The van der Waals surface area contributed by atoms with E-state index in [1.807, 2.05) is 91.0 Å². The van der Waals surface area contributed by atoms with Crippen molar-refractivity contribution in [3.8, 4) is 0 Å². The average molecular weight is 458 g/mol. The van der Waals surface area contributed by atoms with E-state index in [-0.39, 0.29) is 6.61 Å². The quantitative estimate of drug-likeness (QED) is 0.295. The van der Waals surface area contributed by atoms with Crippen LogP contribution in [-0.4, -0.2) is 16.6 Å². The van der Waals surface area contributed by atoms with Crippen molar-refractivity contribution in [1.29, 1.82) is 0 Å². The summed E-state index contributed by atoms with van der Waals surface area (Å²) in [5.41, 5.74) is 5.56. The number of hydrogen-bond donors (Lipinski definition) is 1. The second-order valence-corrected chi connectivity index (χ2v) is 8.24. The summed E-state index contributed by atoms with van der Waals surface area (Å²) in [6.45, 7) is 0.693. The largest absolute Gasteiger partial charge is 0.463 e. The van der Waals surface area contributed by atoms with Crippen molar-refractivity contribution in [3.05, 3.63) is 112 Å². The molecule has 0 aliphatic rings. The van der Waals surface area contributed by atoms with Gasteiger partial charge in [-0.3, -0.25) is 4.79 Å². The molecule has 0 saturated carbocycles. The number of aryl methyl sites for hydroxylation is 1. The van der Waals surface area contributed by atoms with Gasteiger partial charge in [0.25, 0.3) is 6.47 Å². The molecule has 1 aromatic heterocycles. The topological polar surface area (TPSA) is 59.4 Å². The molecule has 166 valence electrons. The molecule has 1 N–H and O–H groups in total. The highest BCUT2D eigenvalue weighted by Gasteiger charge is 2.10. The summed E-state index contributed by atoms with van der Waals surface area (Å²) < 4.78 is 4.90. The molecular formula is C28H24ClNO3. The maximum Gasteiger partial charge on any atom is 0.293 e. The van der Waals surface area contributed by atoms with Gasteiger partial charge in [-0.25, -0.2) is 4.98 Å². The third kappa shape index (κ3) is 6.07. The van der Waals surface area contributed by atoms with Crippen LogP contribution in [0, 0.1) is 0 Å². The summed E-state index contributed by atoms with van der Waals surface area (Å²) >= 11 is 6.08. The van der Waals surface area contributed by atoms with E-state index in [1.165, 1.54) is 0 Å². The van der Waals surface area contributed by atoms with Crippen LogP contribution in [0.25, 0.3) is 23.1 Å². The van der Waals surface area contributed by atoms with Gasteiger partial charge in [-0.1, -0.05) is 72.3 Å². The highest BCUT2D eigenvalue weighted by atomic mass is 35.5. The molecule has 0 amide bonds. The summed E-state index contributed by atoms with van der Waals surface area (Å²) in [6.07, 6.45) is 4.59. The molecule has 3 aromatic carbocycles. The Morgan fingerprint density at radius 2 is 1.76 bits per heavy atom. The smallest absolute Gasteiger partial charge is 0.293 e. The molecule has 1 atom stereocenters. The molecule has 1 heterocycles. The Morgan fingerprint density at radius 1 is 0.939 bits per heavy atom. The molecule has 0 aliphatic carbocycles. The number of aromatic nitrogens is 1. The Morgan fingerprint density at radius 3 is 2.61 bits per heavy atom. The maximum atomic E-state index is 10.8. The second-order valence-electron chi connectivity index (χ2n) is 7.81. The molecule has 0 radical (unpaired) electrons. The minimum Gasteiger partial charge on any atom is -0.463 e. The number of aliphatic hydroxyl groups excluding tert-OH is 1. The van der Waals surface area contributed by atoms with Crippen LogP contribution in [0.3, 0.4) is 0 Å². The van der Waals surface area contributed by atoms with E-state index in [4.69, 9.17) is 16.3 Å². The van der Waals surface area contributed by atoms with Gasteiger partial charge < -0.3 is 9.84 Å². The number of fused-ring (bicyclic) bond motifs is 1. The molecule has 33 heavy (non-hydrogen) atoms. The molecule has 4 aromatic rings. The number of carbonyl (C=O) groups is 1. The number of aliphatic hydroxyl groups is 1. The fourth-order valence-electron chi connectivity index (χ4n) is 3.78. The molecule has 0 saturated heterocycles. The Hall–Kier alpha value is -3.47. The van der Waals surface area contributed by atoms with Crippen LogP contribution in [0.15, 0.2) is 78.9 Å². The van der Waals surface area contributed by atoms with Crippen LogP contribution in [0.5, 0.6) is 0 Å². The molecule has 4 nitrogen and oxygen atoms in total. The summed E-state index contributed by atoms with van der Waals surface area (Å²) in [4.78, 5) is 15.2. The van der Waals surface area contributed by atoms with Gasteiger partial charge in [0.05, 0.1) is 17.3 Å². The molecule has 0 bridgehead atoms. The van der Waals surface area contributed by atoms with Crippen LogP contribution in [-0.2, 0) is 22.6 Å². The molecule has 0 fully saturated rings. The number of hydrogen-bond acceptors (Lipinski definition) is 4. The van der Waals surface area contributed by atoms with Crippen molar-refractivity contribution >= 4 is 41.1 Å². The zero-order chi connectivity index (χ0) is 23.0. The van der Waals surface area contributed by atoms with Crippen molar-refractivity contribution in [3.63, 3.8) is 0 Å². The summed E-state index contributed by atoms with van der Waals surface area (Å²) in [7, 11) is 0. The van der Waals surface area contributed by atoms with Gasteiger partial charge in [-0.15, -0.1) is 0 Å². The molecule has 4 rings (SSSR count). The van der Waals surface area contributed by atoms with Crippen LogP contribution in [0.4, 0.5) is 0 Å². The Bertz CT molecular complexity index is 1290. The van der Waals surface area contributed by atoms with E-state index in [2.05, 4.69) is 4.98 Å². The molecule has 0 spiro atoms. The lowest BCUT2D eigenvalue weighted by Crippen LogP contribution is -2.03. The van der Waals surface area contributed by atoms with Crippen LogP contribution < -0.4 is 0 Å². The number of halogens is 1. The van der Waals surface area contributed by atoms with Crippen molar-refractivity contribution < 1.29 is 14.6 Å². The lowest BCUT2D eigenvalue weighted by Gasteiger charge is -2.14. The van der Waals surface area contributed by atoms with E-state index in [9.17, 15) is 9.90 Å². The standard InChI is InChI=1S/C28H24ClNO3/c29-25-12-9-22-10-14-26(30-27(22)17-25)13-8-20-4-3-7-23(16-20)28(32)15-11-21-5-1-2-6-24(21)18-33-19-31/h1-10,12-14,16-17,19,28,32H,11,15,18H2/b13-8+/t28-/m0/s1. The first-order chi connectivity index (χ1) is 16.1. The van der Waals surface area contributed by atoms with Crippen molar-refractivity contribution in [2.24, 2.45) is 0 Å². The number of pyridine rings is 1. The Labute approximate surface area is 198 Å². The summed E-state index contributed by atoms with van der Waals surface area (Å²) in [5.74, 6) is 0. The maximum absolute atomic E-state index is 10.8. The van der Waals surface area contributed by atoms with Crippen molar-refractivity contribution in [2.75, 3.05) is 0 Å². The second kappa shape index (κ2) is 10.9. The zero-order valence-corrected chi connectivity index (χ0v) is 18.8. The third-order valence-electron chi connectivity index (χ3n) is 5.53. The van der Waals surface area contributed by atoms with Gasteiger partial charge >= 0.3 is 0 Å². The third-order valence-corrected chi connectivity index (χ3v) is 5.77. The first-order valence-corrected chi connectivity index (χ1v) is 11.1. The first kappa shape index (κ1) is 22.7. The number of carbonyl (C=O) groups excluding carboxylic acids is 1. The normalized spacial score (nSPS) is 12.2. The minimum absolute atomic E-state index is 0.241. The van der Waals surface area contributed by atoms with Gasteiger partial charge in [0.15, 0.2) is 0 Å². The highest BCUT2D eigenvalue weighted by molar-refractivity contribution is 6.31. The predicted molar refractivity (Wildman–Crippen MR) is 133 cm³/mol. The number of nitrogens with zero attached hydrogens (tertiary/aromatic N) is 1. The zero-order valence-electron chi connectivity index (χ0n) is 18.0. The molecule has 0 unspecified atom stereocenters. The number of rotatable bonds is 9. The van der Waals surface area contributed by atoms with Crippen LogP contribution in [0.1, 0.15) is 40.5 Å². The van der Waals surface area contributed by atoms with Crippen LogP contribution >= 0.6 is 11.6 Å². The average Bonchev–Trinajstić information content (AvgIpc) is 2.85. The van der Waals surface area contributed by atoms with E-state index in [0.29, 0.717) is 24.3 Å². The van der Waals surface area contributed by atoms with Crippen molar-refractivity contribution in [1.82, 2.24) is 4.98 Å².